The van der Waals surface area contributed by atoms with Gasteiger partial charge in [-0.1, -0.05) is 12.1 Å². The lowest BCUT2D eigenvalue weighted by atomic mass is 10.1. The molecule has 0 bridgehead atoms. The van der Waals surface area contributed by atoms with E-state index in [2.05, 4.69) is 5.32 Å². The largest absolute Gasteiger partial charge is 0.343 e. The van der Waals surface area contributed by atoms with Crippen molar-refractivity contribution in [2.75, 3.05) is 19.6 Å². The number of hydrogen-bond donors (Lipinski definition) is 1. The van der Waals surface area contributed by atoms with Crippen LogP contribution in [0.4, 0.5) is 4.39 Å². The van der Waals surface area contributed by atoms with Gasteiger partial charge in [0.05, 0.1) is 0 Å². The molecule has 0 aliphatic carbocycles. The summed E-state index contributed by atoms with van der Waals surface area (Å²) in [7, 11) is 0. The zero-order chi connectivity index (χ0) is 15.2. The molecule has 1 aliphatic heterocycles. The first-order valence-electron chi connectivity index (χ1n) is 7.85. The summed E-state index contributed by atoms with van der Waals surface area (Å²) >= 11 is 0. The minimum Gasteiger partial charge on any atom is -0.343 e. The van der Waals surface area contributed by atoms with E-state index in [1.165, 1.54) is 6.42 Å². The summed E-state index contributed by atoms with van der Waals surface area (Å²) in [6.45, 7) is 6.19. The van der Waals surface area contributed by atoms with Crippen molar-refractivity contribution in [1.82, 2.24) is 10.2 Å². The first kappa shape index (κ1) is 16.0. The van der Waals surface area contributed by atoms with Gasteiger partial charge in [-0.2, -0.15) is 0 Å². The summed E-state index contributed by atoms with van der Waals surface area (Å²) in [4.78, 5) is 14.0. The highest BCUT2D eigenvalue weighted by atomic mass is 19.1. The van der Waals surface area contributed by atoms with E-state index in [9.17, 15) is 9.18 Å². The molecule has 4 heteroatoms. The highest BCUT2D eigenvalue weighted by Crippen LogP contribution is 2.16. The Balaban J connectivity index is 1.76. The van der Waals surface area contributed by atoms with Gasteiger partial charge in [0.1, 0.15) is 5.82 Å². The maximum atomic E-state index is 13.5. The molecule has 3 nitrogen and oxygen atoms in total. The van der Waals surface area contributed by atoms with Crippen molar-refractivity contribution in [2.45, 2.75) is 45.6 Å². The molecule has 1 fully saturated rings. The van der Waals surface area contributed by atoms with Gasteiger partial charge in [-0.25, -0.2) is 4.39 Å². The molecule has 1 aromatic carbocycles. The molecule has 0 radical (unpaired) electrons. The lowest BCUT2D eigenvalue weighted by Gasteiger charge is -2.27. The zero-order valence-corrected chi connectivity index (χ0v) is 13.0. The van der Waals surface area contributed by atoms with Crippen LogP contribution in [-0.4, -0.2) is 30.4 Å². The molecule has 1 unspecified atom stereocenters. The van der Waals surface area contributed by atoms with Crippen LogP contribution in [0.3, 0.4) is 0 Å². The number of hydrogen-bond acceptors (Lipinski definition) is 2. The second-order valence-electron chi connectivity index (χ2n) is 5.88. The number of rotatable bonds is 5. The molecule has 1 heterocycles. The number of halogens is 1. The van der Waals surface area contributed by atoms with E-state index in [-0.39, 0.29) is 17.8 Å². The Morgan fingerprint density at radius 1 is 1.33 bits per heavy atom. The Morgan fingerprint density at radius 2 is 2.05 bits per heavy atom. The minimum absolute atomic E-state index is 0.0502. The van der Waals surface area contributed by atoms with Gasteiger partial charge >= 0.3 is 0 Å². The quantitative estimate of drug-likeness (QED) is 0.904. The third-order valence-corrected chi connectivity index (χ3v) is 4.19. The molecule has 1 amide bonds. The molecule has 1 aliphatic rings. The van der Waals surface area contributed by atoms with E-state index in [0.717, 1.165) is 31.5 Å². The molecule has 116 valence electrons. The first-order chi connectivity index (χ1) is 10.1. The van der Waals surface area contributed by atoms with Gasteiger partial charge in [-0.3, -0.25) is 4.79 Å². The van der Waals surface area contributed by atoms with Crippen LogP contribution in [0.2, 0.25) is 0 Å². The summed E-state index contributed by atoms with van der Waals surface area (Å²) in [6.07, 6.45) is 3.99. The molecular formula is C17H25FN2O. The number of nitrogens with zero attached hydrogens (tertiary/aromatic N) is 1. The molecule has 0 saturated carbocycles. The van der Waals surface area contributed by atoms with Crippen LogP contribution in [0, 0.1) is 12.7 Å². The fourth-order valence-electron chi connectivity index (χ4n) is 2.69. The number of carbonyl (C=O) groups excluding carboxylic acids is 1. The molecule has 21 heavy (non-hydrogen) atoms. The van der Waals surface area contributed by atoms with Crippen LogP contribution in [0.25, 0.3) is 0 Å². The van der Waals surface area contributed by atoms with Crippen molar-refractivity contribution in [1.29, 1.82) is 0 Å². The lowest BCUT2D eigenvalue weighted by Crippen LogP contribution is -2.37. The normalized spacial score (nSPS) is 16.8. The number of aryl methyl sites for hydroxylation is 1. The van der Waals surface area contributed by atoms with E-state index >= 15 is 0 Å². The summed E-state index contributed by atoms with van der Waals surface area (Å²) in [5, 5.41) is 3.30. The number of likely N-dealkylation sites (tertiary alicyclic amines) is 1. The maximum absolute atomic E-state index is 13.5. The fourth-order valence-corrected chi connectivity index (χ4v) is 2.69. The zero-order valence-electron chi connectivity index (χ0n) is 13.0. The van der Waals surface area contributed by atoms with Crippen molar-refractivity contribution in [2.24, 2.45) is 0 Å². The van der Waals surface area contributed by atoms with Gasteiger partial charge < -0.3 is 10.2 Å². The van der Waals surface area contributed by atoms with Crippen LogP contribution in [0.1, 0.15) is 49.8 Å². The van der Waals surface area contributed by atoms with Gasteiger partial charge in [0.15, 0.2) is 0 Å². The Hall–Kier alpha value is -1.42. The third-order valence-electron chi connectivity index (χ3n) is 4.19. The van der Waals surface area contributed by atoms with E-state index in [1.807, 2.05) is 17.9 Å². The van der Waals surface area contributed by atoms with Gasteiger partial charge in [-0.05, 0) is 50.3 Å². The average molecular weight is 292 g/mol. The Bertz CT molecular complexity index is 484. The van der Waals surface area contributed by atoms with Crippen LogP contribution in [0.15, 0.2) is 18.2 Å². The Kier molecular flexibility index (Phi) is 5.74. The highest BCUT2D eigenvalue weighted by Gasteiger charge is 2.16. The van der Waals surface area contributed by atoms with Gasteiger partial charge in [0, 0.05) is 32.1 Å². The van der Waals surface area contributed by atoms with Crippen molar-refractivity contribution >= 4 is 5.91 Å². The van der Waals surface area contributed by atoms with Crippen LogP contribution in [0.5, 0.6) is 0 Å². The Labute approximate surface area is 126 Å². The number of piperidine rings is 1. The van der Waals surface area contributed by atoms with Crippen molar-refractivity contribution in [3.05, 3.63) is 35.1 Å². The Morgan fingerprint density at radius 3 is 2.71 bits per heavy atom. The molecule has 1 aromatic rings. The molecule has 1 saturated heterocycles. The second kappa shape index (κ2) is 7.55. The van der Waals surface area contributed by atoms with Crippen LogP contribution in [-0.2, 0) is 4.79 Å². The standard InChI is InChI=1S/C17H25FN2O/c1-13-6-7-15(12-16(13)18)14(2)19-9-8-17(21)20-10-4-3-5-11-20/h6-7,12,14,19H,3-5,8-11H2,1-2H3. The van der Waals surface area contributed by atoms with E-state index in [1.54, 1.807) is 19.1 Å². The number of benzene rings is 1. The molecule has 0 spiro atoms. The van der Waals surface area contributed by atoms with Crippen molar-refractivity contribution < 1.29 is 9.18 Å². The molecule has 1 atom stereocenters. The predicted octanol–water partition coefficient (Wildman–Crippen LogP) is 3.19. The maximum Gasteiger partial charge on any atom is 0.223 e. The second-order valence-corrected chi connectivity index (χ2v) is 5.88. The molecule has 0 aromatic heterocycles. The van der Waals surface area contributed by atoms with Crippen LogP contribution < -0.4 is 5.32 Å². The average Bonchev–Trinajstić information content (AvgIpc) is 2.50. The summed E-state index contributed by atoms with van der Waals surface area (Å²) in [5.74, 6) is 0.0510. The van der Waals surface area contributed by atoms with Crippen molar-refractivity contribution in [3.63, 3.8) is 0 Å². The van der Waals surface area contributed by atoms with E-state index < -0.39 is 0 Å². The lowest BCUT2D eigenvalue weighted by molar-refractivity contribution is -0.132. The molecular weight excluding hydrogens is 267 g/mol. The number of amides is 1. The number of carbonyl (C=O) groups is 1. The van der Waals surface area contributed by atoms with E-state index in [0.29, 0.717) is 18.5 Å². The minimum atomic E-state index is -0.175. The first-order valence-corrected chi connectivity index (χ1v) is 7.85. The fraction of sp³-hybridized carbons (Fsp3) is 0.588. The predicted molar refractivity (Wildman–Crippen MR) is 82.6 cm³/mol. The smallest absolute Gasteiger partial charge is 0.223 e. The third kappa shape index (κ3) is 4.53. The summed E-state index contributed by atoms with van der Waals surface area (Å²) < 4.78 is 13.5. The van der Waals surface area contributed by atoms with E-state index in [4.69, 9.17) is 0 Å². The van der Waals surface area contributed by atoms with Gasteiger partial charge in [0.25, 0.3) is 0 Å². The van der Waals surface area contributed by atoms with Gasteiger partial charge in [0.2, 0.25) is 5.91 Å². The summed E-state index contributed by atoms with van der Waals surface area (Å²) in [6, 6.07) is 5.35. The summed E-state index contributed by atoms with van der Waals surface area (Å²) in [5.41, 5.74) is 1.58. The highest BCUT2D eigenvalue weighted by molar-refractivity contribution is 5.76. The number of nitrogens with one attached hydrogen (secondary N) is 1. The monoisotopic (exact) mass is 292 g/mol. The topological polar surface area (TPSA) is 32.3 Å². The van der Waals surface area contributed by atoms with Crippen LogP contribution >= 0.6 is 0 Å². The van der Waals surface area contributed by atoms with Gasteiger partial charge in [-0.15, -0.1) is 0 Å². The van der Waals surface area contributed by atoms with Crippen molar-refractivity contribution in [3.8, 4) is 0 Å². The molecule has 1 N–H and O–H groups in total. The SMILES string of the molecule is Cc1ccc(C(C)NCCC(=O)N2CCCCC2)cc1F. The molecule has 2 rings (SSSR count).